The summed E-state index contributed by atoms with van der Waals surface area (Å²) >= 11 is 3.72. The monoisotopic (exact) mass is 314 g/mol. The number of rotatable bonds is 0. The van der Waals surface area contributed by atoms with E-state index < -0.39 is 0 Å². The van der Waals surface area contributed by atoms with Crippen LogP contribution in [0.2, 0.25) is 0 Å². The largest absolute Gasteiger partial charge is 0.0588 e. The third-order valence-electron chi connectivity index (χ3n) is 3.98. The van der Waals surface area contributed by atoms with Crippen molar-refractivity contribution in [3.8, 4) is 0 Å². The van der Waals surface area contributed by atoms with Crippen molar-refractivity contribution >= 4 is 15.9 Å². The Hall–Kier alpha value is -1.08. The summed E-state index contributed by atoms with van der Waals surface area (Å²) in [5.74, 6) is 0. The van der Waals surface area contributed by atoms with Gasteiger partial charge in [0.25, 0.3) is 0 Å². The molecule has 4 bridgehead atoms. The molecule has 19 heavy (non-hydrogen) atoms. The molecule has 2 aromatic carbocycles. The predicted molar refractivity (Wildman–Crippen MR) is 84.6 cm³/mol. The normalized spacial score (nSPS) is 15.4. The van der Waals surface area contributed by atoms with Gasteiger partial charge in [-0.1, -0.05) is 52.3 Å². The first-order chi connectivity index (χ1) is 9.31. The van der Waals surface area contributed by atoms with Crippen LogP contribution in [0.1, 0.15) is 35.1 Å². The molecule has 98 valence electrons. The van der Waals surface area contributed by atoms with E-state index in [0.717, 1.165) is 6.42 Å². The van der Waals surface area contributed by atoms with Crippen LogP contribution in [0.15, 0.2) is 46.9 Å². The molecule has 0 atom stereocenters. The second-order valence-corrected chi connectivity index (χ2v) is 6.30. The van der Waals surface area contributed by atoms with Gasteiger partial charge in [-0.25, -0.2) is 0 Å². The highest BCUT2D eigenvalue weighted by molar-refractivity contribution is 9.10. The van der Waals surface area contributed by atoms with Crippen molar-refractivity contribution in [2.24, 2.45) is 0 Å². The van der Waals surface area contributed by atoms with Crippen LogP contribution >= 0.6 is 15.9 Å². The molecule has 0 aliphatic heterocycles. The maximum absolute atomic E-state index is 3.72. The minimum absolute atomic E-state index is 1.16. The fourth-order valence-electron chi connectivity index (χ4n) is 2.80. The zero-order chi connectivity index (χ0) is 13.1. The van der Waals surface area contributed by atoms with Crippen LogP contribution in [0.3, 0.4) is 0 Å². The summed E-state index contributed by atoms with van der Waals surface area (Å²) in [6, 6.07) is 16.1. The van der Waals surface area contributed by atoms with Gasteiger partial charge in [0.05, 0.1) is 0 Å². The van der Waals surface area contributed by atoms with E-state index in [0.29, 0.717) is 0 Å². The summed E-state index contributed by atoms with van der Waals surface area (Å²) in [4.78, 5) is 0. The van der Waals surface area contributed by atoms with E-state index >= 15 is 0 Å². The molecule has 0 spiro atoms. The molecule has 0 saturated carbocycles. The zero-order valence-electron chi connectivity index (χ0n) is 11.2. The van der Waals surface area contributed by atoms with Crippen molar-refractivity contribution in [3.63, 3.8) is 0 Å². The molecule has 2 aromatic rings. The smallest absolute Gasteiger partial charge is 0.0210 e. The Morgan fingerprint density at radius 2 is 1.16 bits per heavy atom. The molecular formula is C18H19Br. The first kappa shape index (κ1) is 12.9. The molecule has 0 N–H and O–H groups in total. The highest BCUT2D eigenvalue weighted by Gasteiger charge is 2.04. The van der Waals surface area contributed by atoms with E-state index in [2.05, 4.69) is 58.4 Å². The number of hydrogen-bond acceptors (Lipinski definition) is 0. The Labute approximate surface area is 124 Å². The summed E-state index contributed by atoms with van der Waals surface area (Å²) in [5, 5.41) is 0. The van der Waals surface area contributed by atoms with Gasteiger partial charge in [-0.15, -0.1) is 0 Å². The van der Waals surface area contributed by atoms with Gasteiger partial charge in [0.2, 0.25) is 0 Å². The third kappa shape index (κ3) is 3.27. The molecule has 0 aromatic heterocycles. The maximum atomic E-state index is 3.72. The Morgan fingerprint density at radius 3 is 1.79 bits per heavy atom. The van der Waals surface area contributed by atoms with Crippen molar-refractivity contribution < 1.29 is 0 Å². The van der Waals surface area contributed by atoms with Gasteiger partial charge in [-0.05, 0) is 66.8 Å². The molecule has 4 aliphatic carbocycles. The van der Waals surface area contributed by atoms with Crippen molar-refractivity contribution in [1.82, 2.24) is 0 Å². The fraction of sp³-hybridized carbons (Fsp3) is 0.333. The van der Waals surface area contributed by atoms with Crippen LogP contribution < -0.4 is 0 Å². The van der Waals surface area contributed by atoms with E-state index in [4.69, 9.17) is 0 Å². The molecule has 0 fully saturated rings. The lowest BCUT2D eigenvalue weighted by Gasteiger charge is -2.10. The molecule has 0 saturated heterocycles. The lowest BCUT2D eigenvalue weighted by molar-refractivity contribution is 0.798. The summed E-state index contributed by atoms with van der Waals surface area (Å²) in [7, 11) is 0. The summed E-state index contributed by atoms with van der Waals surface area (Å²) in [6.45, 7) is 0. The highest BCUT2D eigenvalue weighted by atomic mass is 79.9. The predicted octanol–water partition coefficient (Wildman–Crippen LogP) is 5.11. The van der Waals surface area contributed by atoms with E-state index in [1.54, 1.807) is 0 Å². The molecule has 1 heteroatoms. The van der Waals surface area contributed by atoms with E-state index in [1.807, 2.05) is 0 Å². The minimum Gasteiger partial charge on any atom is -0.0588 e. The third-order valence-corrected chi connectivity index (χ3v) is 4.72. The molecule has 4 aliphatic rings. The average Bonchev–Trinajstić information content (AvgIpc) is 2.43. The topological polar surface area (TPSA) is 0 Å². The zero-order valence-corrected chi connectivity index (χ0v) is 12.7. The molecule has 0 unspecified atom stereocenters. The summed E-state index contributed by atoms with van der Waals surface area (Å²) in [5.41, 5.74) is 5.83. The van der Waals surface area contributed by atoms with Gasteiger partial charge in [-0.2, -0.15) is 0 Å². The van der Waals surface area contributed by atoms with Crippen molar-refractivity contribution in [2.45, 2.75) is 38.5 Å². The Morgan fingerprint density at radius 1 is 0.632 bits per heavy atom. The van der Waals surface area contributed by atoms with E-state index in [9.17, 15) is 0 Å². The Balaban J connectivity index is 1.86. The first-order valence-electron chi connectivity index (χ1n) is 7.16. The minimum atomic E-state index is 1.16. The fourth-order valence-corrected chi connectivity index (χ4v) is 3.43. The highest BCUT2D eigenvalue weighted by Crippen LogP contribution is 2.22. The van der Waals surface area contributed by atoms with Crippen LogP contribution in [0.25, 0.3) is 0 Å². The maximum Gasteiger partial charge on any atom is 0.0210 e. The van der Waals surface area contributed by atoms with Gasteiger partial charge in [0.1, 0.15) is 0 Å². The number of hydrogen-bond donors (Lipinski definition) is 0. The molecule has 6 rings (SSSR count). The second kappa shape index (κ2) is 5.92. The van der Waals surface area contributed by atoms with Crippen LogP contribution in [0.5, 0.6) is 0 Å². The van der Waals surface area contributed by atoms with Crippen LogP contribution in [-0.4, -0.2) is 0 Å². The van der Waals surface area contributed by atoms with Gasteiger partial charge in [0.15, 0.2) is 0 Å². The van der Waals surface area contributed by atoms with Gasteiger partial charge >= 0.3 is 0 Å². The summed E-state index contributed by atoms with van der Waals surface area (Å²) in [6.07, 6.45) is 7.12. The SMILES string of the molecule is Brc1cc2ccc1CCCc1ccc(cc1)CCC2. The van der Waals surface area contributed by atoms with Crippen molar-refractivity contribution in [3.05, 3.63) is 69.2 Å². The van der Waals surface area contributed by atoms with Crippen molar-refractivity contribution in [1.29, 1.82) is 0 Å². The van der Waals surface area contributed by atoms with Crippen molar-refractivity contribution in [2.75, 3.05) is 0 Å². The van der Waals surface area contributed by atoms with Gasteiger partial charge in [-0.3, -0.25) is 0 Å². The van der Waals surface area contributed by atoms with Gasteiger partial charge in [0, 0.05) is 4.47 Å². The summed E-state index contributed by atoms with van der Waals surface area (Å²) < 4.78 is 1.29. The number of benzene rings is 2. The first-order valence-corrected chi connectivity index (χ1v) is 7.96. The molecule has 0 radical (unpaired) electrons. The Kier molecular flexibility index (Phi) is 4.03. The molecule has 0 heterocycles. The number of aryl methyl sites for hydroxylation is 4. The lowest BCUT2D eigenvalue weighted by atomic mass is 9.97. The van der Waals surface area contributed by atoms with E-state index in [1.165, 1.54) is 58.8 Å². The molecule has 0 nitrogen and oxygen atoms in total. The van der Waals surface area contributed by atoms with E-state index in [-0.39, 0.29) is 0 Å². The standard InChI is InChI=1S/C18H19Br/c19-18-13-16-5-1-3-14-7-9-15(10-8-14)4-2-6-17(18)12-11-16/h7-13H,1-6H2. The quantitative estimate of drug-likeness (QED) is 0.633. The average molecular weight is 315 g/mol. The number of halogens is 1. The molecule has 0 amide bonds. The Bertz CT molecular complexity index is 554. The van der Waals surface area contributed by atoms with Crippen LogP contribution in [-0.2, 0) is 25.7 Å². The van der Waals surface area contributed by atoms with Gasteiger partial charge < -0.3 is 0 Å². The second-order valence-electron chi connectivity index (χ2n) is 5.45. The molecular weight excluding hydrogens is 296 g/mol. The van der Waals surface area contributed by atoms with Crippen LogP contribution in [0.4, 0.5) is 0 Å². The van der Waals surface area contributed by atoms with Crippen LogP contribution in [0, 0.1) is 0 Å². The lowest BCUT2D eigenvalue weighted by Crippen LogP contribution is -1.96.